The molecule has 1 saturated carbocycles. The summed E-state index contributed by atoms with van der Waals surface area (Å²) in [4.78, 5) is 24.1. The van der Waals surface area contributed by atoms with E-state index < -0.39 is 5.97 Å². The molecule has 1 fully saturated rings. The number of carbonyl (C=O) groups excluding carboxylic acids is 1. The van der Waals surface area contributed by atoms with Gasteiger partial charge in [0.25, 0.3) is 0 Å². The van der Waals surface area contributed by atoms with Crippen molar-refractivity contribution in [2.24, 2.45) is 0 Å². The molecule has 5 nitrogen and oxygen atoms in total. The Balaban J connectivity index is 1.74. The van der Waals surface area contributed by atoms with E-state index in [4.69, 9.17) is 5.11 Å². The minimum atomic E-state index is -0.963. The summed E-state index contributed by atoms with van der Waals surface area (Å²) >= 11 is 1.47. The summed E-state index contributed by atoms with van der Waals surface area (Å²) < 4.78 is 0. The molecular weight excluding hydrogens is 288 g/mol. The fraction of sp³-hybridized carbons (Fsp3) is 0.467. The van der Waals surface area contributed by atoms with Crippen molar-refractivity contribution in [3.63, 3.8) is 0 Å². The smallest absolute Gasteiger partial charge is 0.328 e. The van der Waals surface area contributed by atoms with Crippen molar-refractivity contribution >= 4 is 29.4 Å². The molecule has 1 aliphatic carbocycles. The number of aliphatic carboxylic acids is 1. The number of nitrogens with one attached hydrogen (secondary N) is 2. The molecule has 0 spiro atoms. The topological polar surface area (TPSA) is 78.4 Å². The molecule has 0 unspecified atom stereocenters. The van der Waals surface area contributed by atoms with E-state index in [1.54, 1.807) is 6.08 Å². The molecule has 0 atom stereocenters. The van der Waals surface area contributed by atoms with Gasteiger partial charge in [0.1, 0.15) is 0 Å². The number of rotatable bonds is 5. The SMILES string of the molecule is O=C(O)C=Cc1ccc(CNC(=O)NC2CCCCC2)s1. The van der Waals surface area contributed by atoms with Gasteiger partial charge in [-0.05, 0) is 31.1 Å². The third-order valence-electron chi connectivity index (χ3n) is 3.44. The maximum Gasteiger partial charge on any atom is 0.328 e. The highest BCUT2D eigenvalue weighted by Gasteiger charge is 2.15. The highest BCUT2D eigenvalue weighted by molar-refractivity contribution is 7.12. The van der Waals surface area contributed by atoms with E-state index in [0.717, 1.165) is 28.7 Å². The maximum absolute atomic E-state index is 11.8. The standard InChI is InChI=1S/C15H20N2O3S/c18-14(19)9-8-12-6-7-13(21-12)10-16-15(20)17-11-4-2-1-3-5-11/h6-9,11H,1-5,10H2,(H,18,19)(H2,16,17,20). The van der Waals surface area contributed by atoms with E-state index in [1.165, 1.54) is 30.6 Å². The number of hydrogen-bond acceptors (Lipinski definition) is 3. The largest absolute Gasteiger partial charge is 0.478 e. The number of thiophene rings is 1. The van der Waals surface area contributed by atoms with E-state index >= 15 is 0 Å². The molecular formula is C15H20N2O3S. The van der Waals surface area contributed by atoms with Crippen LogP contribution in [0.1, 0.15) is 41.9 Å². The van der Waals surface area contributed by atoms with Crippen molar-refractivity contribution in [3.05, 3.63) is 28.0 Å². The summed E-state index contributed by atoms with van der Waals surface area (Å²) in [6.07, 6.45) is 8.44. The Morgan fingerprint density at radius 1 is 1.29 bits per heavy atom. The Bertz CT molecular complexity index is 519. The van der Waals surface area contributed by atoms with Gasteiger partial charge in [-0.2, -0.15) is 0 Å². The molecule has 6 heteroatoms. The molecule has 0 aliphatic heterocycles. The third kappa shape index (κ3) is 5.59. The second-order valence-corrected chi connectivity index (χ2v) is 6.34. The van der Waals surface area contributed by atoms with E-state index in [2.05, 4.69) is 10.6 Å². The Hall–Kier alpha value is -1.82. The molecule has 114 valence electrons. The van der Waals surface area contributed by atoms with Crippen LogP contribution in [0.3, 0.4) is 0 Å². The monoisotopic (exact) mass is 308 g/mol. The van der Waals surface area contributed by atoms with Crippen LogP contribution in [0.2, 0.25) is 0 Å². The molecule has 21 heavy (non-hydrogen) atoms. The lowest BCUT2D eigenvalue weighted by atomic mass is 9.96. The second kappa shape index (κ2) is 7.83. The molecule has 1 aliphatic rings. The van der Waals surface area contributed by atoms with Gasteiger partial charge in [0.15, 0.2) is 0 Å². The van der Waals surface area contributed by atoms with Crippen molar-refractivity contribution in [1.82, 2.24) is 10.6 Å². The highest BCUT2D eigenvalue weighted by Crippen LogP contribution is 2.18. The van der Waals surface area contributed by atoms with Crippen LogP contribution in [0.4, 0.5) is 4.79 Å². The normalized spacial score (nSPS) is 16.0. The summed E-state index contributed by atoms with van der Waals surface area (Å²) in [6, 6.07) is 3.92. The number of urea groups is 1. The molecule has 2 rings (SSSR count). The minimum Gasteiger partial charge on any atom is -0.478 e. The molecule has 1 aromatic rings. The quantitative estimate of drug-likeness (QED) is 0.732. The van der Waals surface area contributed by atoms with Gasteiger partial charge in [0.05, 0.1) is 6.54 Å². The predicted molar refractivity (Wildman–Crippen MR) is 83.2 cm³/mol. The molecule has 1 aromatic heterocycles. The summed E-state index contributed by atoms with van der Waals surface area (Å²) in [5.41, 5.74) is 0. The summed E-state index contributed by atoms with van der Waals surface area (Å²) in [6.45, 7) is 0.462. The van der Waals surface area contributed by atoms with Crippen LogP contribution in [0.25, 0.3) is 6.08 Å². The molecule has 0 saturated heterocycles. The van der Waals surface area contributed by atoms with Crippen molar-refractivity contribution in [2.45, 2.75) is 44.7 Å². The number of amides is 2. The zero-order valence-electron chi connectivity index (χ0n) is 11.8. The van der Waals surface area contributed by atoms with Crippen LogP contribution in [-0.2, 0) is 11.3 Å². The number of carboxylic acids is 1. The zero-order valence-corrected chi connectivity index (χ0v) is 12.6. The van der Waals surface area contributed by atoms with Crippen molar-refractivity contribution in [3.8, 4) is 0 Å². The summed E-state index contributed by atoms with van der Waals surface area (Å²) in [5.74, 6) is -0.963. The van der Waals surface area contributed by atoms with Crippen molar-refractivity contribution in [1.29, 1.82) is 0 Å². The van der Waals surface area contributed by atoms with Gasteiger partial charge in [-0.15, -0.1) is 11.3 Å². The summed E-state index contributed by atoms with van der Waals surface area (Å²) in [5, 5.41) is 14.4. The van der Waals surface area contributed by atoms with E-state index in [0.29, 0.717) is 12.6 Å². The van der Waals surface area contributed by atoms with Gasteiger partial charge in [-0.3, -0.25) is 0 Å². The Morgan fingerprint density at radius 2 is 2.05 bits per heavy atom. The van der Waals surface area contributed by atoms with Crippen LogP contribution in [0.15, 0.2) is 18.2 Å². The lowest BCUT2D eigenvalue weighted by molar-refractivity contribution is -0.131. The van der Waals surface area contributed by atoms with Crippen molar-refractivity contribution in [2.75, 3.05) is 0 Å². The van der Waals surface area contributed by atoms with Crippen LogP contribution >= 0.6 is 11.3 Å². The second-order valence-electron chi connectivity index (χ2n) is 5.14. The number of carboxylic acid groups (broad SMARTS) is 1. The zero-order chi connectivity index (χ0) is 15.1. The molecule has 2 amide bonds. The fourth-order valence-corrected chi connectivity index (χ4v) is 3.24. The number of hydrogen-bond donors (Lipinski definition) is 3. The van der Waals surface area contributed by atoms with E-state index in [1.807, 2.05) is 12.1 Å². The van der Waals surface area contributed by atoms with Crippen LogP contribution in [0, 0.1) is 0 Å². The highest BCUT2D eigenvalue weighted by atomic mass is 32.1. The average molecular weight is 308 g/mol. The lowest BCUT2D eigenvalue weighted by Gasteiger charge is -2.22. The Labute approximate surface area is 128 Å². The molecule has 0 radical (unpaired) electrons. The van der Waals surface area contributed by atoms with E-state index in [-0.39, 0.29) is 6.03 Å². The lowest BCUT2D eigenvalue weighted by Crippen LogP contribution is -2.42. The molecule has 3 N–H and O–H groups in total. The third-order valence-corrected chi connectivity index (χ3v) is 4.49. The first-order chi connectivity index (χ1) is 10.1. The Morgan fingerprint density at radius 3 is 2.76 bits per heavy atom. The fourth-order valence-electron chi connectivity index (χ4n) is 2.38. The van der Waals surface area contributed by atoms with Gasteiger partial charge in [-0.1, -0.05) is 19.3 Å². The molecule has 0 aromatic carbocycles. The Kier molecular flexibility index (Phi) is 5.80. The minimum absolute atomic E-state index is 0.127. The molecule has 1 heterocycles. The number of carbonyl (C=O) groups is 2. The first-order valence-corrected chi connectivity index (χ1v) is 7.99. The maximum atomic E-state index is 11.8. The molecule has 0 bridgehead atoms. The average Bonchev–Trinajstić information content (AvgIpc) is 2.92. The van der Waals surface area contributed by atoms with Crippen LogP contribution in [0.5, 0.6) is 0 Å². The first kappa shape index (κ1) is 15.6. The van der Waals surface area contributed by atoms with Gasteiger partial charge in [0.2, 0.25) is 0 Å². The van der Waals surface area contributed by atoms with Crippen molar-refractivity contribution < 1.29 is 14.7 Å². The van der Waals surface area contributed by atoms with Crippen LogP contribution in [-0.4, -0.2) is 23.1 Å². The predicted octanol–water partition coefficient (Wildman–Crippen LogP) is 2.98. The van der Waals surface area contributed by atoms with Gasteiger partial charge < -0.3 is 15.7 Å². The van der Waals surface area contributed by atoms with Crippen LogP contribution < -0.4 is 10.6 Å². The first-order valence-electron chi connectivity index (χ1n) is 7.17. The van der Waals surface area contributed by atoms with Gasteiger partial charge in [-0.25, -0.2) is 9.59 Å². The summed E-state index contributed by atoms with van der Waals surface area (Å²) in [7, 11) is 0. The van der Waals surface area contributed by atoms with Gasteiger partial charge in [0, 0.05) is 21.9 Å². The van der Waals surface area contributed by atoms with E-state index in [9.17, 15) is 9.59 Å². The van der Waals surface area contributed by atoms with Gasteiger partial charge >= 0.3 is 12.0 Å².